The third-order valence-corrected chi connectivity index (χ3v) is 4.58. The Hall–Kier alpha value is -2.80. The van der Waals surface area contributed by atoms with Crippen molar-refractivity contribution >= 4 is 17.7 Å². The van der Waals surface area contributed by atoms with E-state index in [1.807, 2.05) is 54.6 Å². The monoisotopic (exact) mass is 369 g/mol. The normalized spacial score (nSPS) is 10.5. The van der Waals surface area contributed by atoms with Gasteiger partial charge in [-0.25, -0.2) is 0 Å². The largest absolute Gasteiger partial charge is 0.496 e. The molecule has 26 heavy (non-hydrogen) atoms. The molecule has 0 N–H and O–H groups in total. The molecule has 2 aromatic carbocycles. The first-order valence-electron chi connectivity index (χ1n) is 8.05. The Morgan fingerprint density at radius 1 is 1.12 bits per heavy atom. The lowest BCUT2D eigenvalue weighted by Crippen LogP contribution is -2.28. The molecule has 6 nitrogen and oxygen atoms in total. The van der Waals surface area contributed by atoms with Gasteiger partial charge in [-0.15, -0.1) is 10.2 Å². The van der Waals surface area contributed by atoms with Crippen molar-refractivity contribution in [1.29, 1.82) is 0 Å². The van der Waals surface area contributed by atoms with Crippen LogP contribution in [0.5, 0.6) is 5.75 Å². The number of ether oxygens (including phenoxy) is 1. The van der Waals surface area contributed by atoms with Crippen LogP contribution in [0.2, 0.25) is 0 Å². The summed E-state index contributed by atoms with van der Waals surface area (Å²) in [5, 5.41) is 8.39. The standard InChI is InChI=1S/C19H19N3O3S/c1-22(12-15-10-6-7-11-16(15)24-2)17(23)13-26-19-21-20-18(25-19)14-8-4-3-5-9-14/h3-11H,12-13H2,1-2H3. The maximum Gasteiger partial charge on any atom is 0.277 e. The van der Waals surface area contributed by atoms with E-state index < -0.39 is 0 Å². The number of hydrogen-bond acceptors (Lipinski definition) is 6. The molecule has 0 atom stereocenters. The summed E-state index contributed by atoms with van der Waals surface area (Å²) in [5.41, 5.74) is 1.81. The number of thioether (sulfide) groups is 1. The highest BCUT2D eigenvalue weighted by atomic mass is 32.2. The molecule has 0 bridgehead atoms. The van der Waals surface area contributed by atoms with Gasteiger partial charge in [0, 0.05) is 24.7 Å². The van der Waals surface area contributed by atoms with E-state index in [0.29, 0.717) is 17.7 Å². The topological polar surface area (TPSA) is 68.5 Å². The highest BCUT2D eigenvalue weighted by Crippen LogP contribution is 2.24. The van der Waals surface area contributed by atoms with E-state index >= 15 is 0 Å². The lowest BCUT2D eigenvalue weighted by molar-refractivity contribution is -0.127. The Kier molecular flexibility index (Phi) is 5.91. The second-order valence-electron chi connectivity index (χ2n) is 5.59. The van der Waals surface area contributed by atoms with Gasteiger partial charge >= 0.3 is 0 Å². The average molecular weight is 369 g/mol. The van der Waals surface area contributed by atoms with Crippen LogP contribution in [0.1, 0.15) is 5.56 Å². The molecule has 0 unspecified atom stereocenters. The Morgan fingerprint density at radius 2 is 1.85 bits per heavy atom. The molecule has 0 radical (unpaired) electrons. The number of methoxy groups -OCH3 is 1. The number of benzene rings is 2. The van der Waals surface area contributed by atoms with Gasteiger partial charge in [0.1, 0.15) is 5.75 Å². The molecule has 7 heteroatoms. The van der Waals surface area contributed by atoms with E-state index in [0.717, 1.165) is 16.9 Å². The van der Waals surface area contributed by atoms with Crippen LogP contribution < -0.4 is 4.74 Å². The number of para-hydroxylation sites is 1. The number of carbonyl (C=O) groups excluding carboxylic acids is 1. The molecule has 1 amide bonds. The second-order valence-corrected chi connectivity index (χ2v) is 6.52. The minimum atomic E-state index is -0.0274. The Labute approximate surface area is 156 Å². The van der Waals surface area contributed by atoms with E-state index in [2.05, 4.69) is 10.2 Å². The van der Waals surface area contributed by atoms with Gasteiger partial charge in [-0.3, -0.25) is 4.79 Å². The molecular formula is C19H19N3O3S. The van der Waals surface area contributed by atoms with Crippen molar-refractivity contribution in [2.75, 3.05) is 19.9 Å². The van der Waals surface area contributed by atoms with E-state index in [-0.39, 0.29) is 11.7 Å². The Balaban J connectivity index is 1.56. The zero-order valence-corrected chi connectivity index (χ0v) is 15.4. The van der Waals surface area contributed by atoms with Crippen LogP contribution >= 0.6 is 11.8 Å². The van der Waals surface area contributed by atoms with Crippen LogP contribution in [-0.4, -0.2) is 40.9 Å². The number of rotatable bonds is 7. The molecule has 0 spiro atoms. The van der Waals surface area contributed by atoms with Crippen LogP contribution in [0.15, 0.2) is 64.2 Å². The predicted octanol–water partition coefficient (Wildman–Crippen LogP) is 3.50. The zero-order chi connectivity index (χ0) is 18.4. The second kappa shape index (κ2) is 8.53. The fourth-order valence-corrected chi connectivity index (χ4v) is 3.08. The number of amides is 1. The summed E-state index contributed by atoms with van der Waals surface area (Å²) in [6, 6.07) is 17.2. The minimum Gasteiger partial charge on any atom is -0.496 e. The Morgan fingerprint density at radius 3 is 2.62 bits per heavy atom. The first-order valence-corrected chi connectivity index (χ1v) is 9.03. The van der Waals surface area contributed by atoms with Crippen molar-refractivity contribution in [3.63, 3.8) is 0 Å². The third kappa shape index (κ3) is 4.43. The minimum absolute atomic E-state index is 0.0274. The van der Waals surface area contributed by atoms with Gasteiger partial charge in [-0.05, 0) is 18.2 Å². The van der Waals surface area contributed by atoms with E-state index in [4.69, 9.17) is 9.15 Å². The van der Waals surface area contributed by atoms with E-state index in [1.54, 1.807) is 19.1 Å². The number of nitrogens with zero attached hydrogens (tertiary/aromatic N) is 3. The molecule has 0 fully saturated rings. The molecular weight excluding hydrogens is 350 g/mol. The van der Waals surface area contributed by atoms with Crippen LogP contribution in [0.3, 0.4) is 0 Å². The zero-order valence-electron chi connectivity index (χ0n) is 14.6. The summed E-state index contributed by atoms with van der Waals surface area (Å²) in [4.78, 5) is 14.0. The molecule has 134 valence electrons. The smallest absolute Gasteiger partial charge is 0.277 e. The SMILES string of the molecule is COc1ccccc1CN(C)C(=O)CSc1nnc(-c2ccccc2)o1. The van der Waals surface area contributed by atoms with Crippen molar-refractivity contribution in [1.82, 2.24) is 15.1 Å². The summed E-state index contributed by atoms with van der Waals surface area (Å²) in [7, 11) is 3.38. The highest BCUT2D eigenvalue weighted by Gasteiger charge is 2.15. The fourth-order valence-electron chi connectivity index (χ4n) is 2.38. The van der Waals surface area contributed by atoms with E-state index in [9.17, 15) is 4.79 Å². The average Bonchev–Trinajstić information content (AvgIpc) is 3.16. The Bertz CT molecular complexity index is 867. The van der Waals surface area contributed by atoms with Crippen molar-refractivity contribution in [3.8, 4) is 17.2 Å². The van der Waals surface area contributed by atoms with Crippen LogP contribution in [-0.2, 0) is 11.3 Å². The van der Waals surface area contributed by atoms with Gasteiger partial charge in [0.25, 0.3) is 5.22 Å². The maximum atomic E-state index is 12.4. The van der Waals surface area contributed by atoms with Crippen LogP contribution in [0.25, 0.3) is 11.5 Å². The summed E-state index contributed by atoms with van der Waals surface area (Å²) in [6.07, 6.45) is 0. The molecule has 0 aliphatic heterocycles. The van der Waals surface area contributed by atoms with E-state index in [1.165, 1.54) is 11.8 Å². The summed E-state index contributed by atoms with van der Waals surface area (Å²) < 4.78 is 10.9. The fraction of sp³-hybridized carbons (Fsp3) is 0.211. The molecule has 3 rings (SSSR count). The molecule has 0 aliphatic carbocycles. The quantitative estimate of drug-likeness (QED) is 0.594. The van der Waals surface area contributed by atoms with Gasteiger partial charge in [0.05, 0.1) is 12.9 Å². The molecule has 3 aromatic rings. The molecule has 1 heterocycles. The van der Waals surface area contributed by atoms with Gasteiger partial charge in [0.2, 0.25) is 11.8 Å². The predicted molar refractivity (Wildman–Crippen MR) is 99.9 cm³/mol. The van der Waals surface area contributed by atoms with Crippen molar-refractivity contribution in [2.24, 2.45) is 0 Å². The summed E-state index contributed by atoms with van der Waals surface area (Å²) in [5.74, 6) is 1.41. The molecule has 0 saturated heterocycles. The summed E-state index contributed by atoms with van der Waals surface area (Å²) in [6.45, 7) is 0.475. The van der Waals surface area contributed by atoms with Gasteiger partial charge in [-0.2, -0.15) is 0 Å². The van der Waals surface area contributed by atoms with Crippen LogP contribution in [0.4, 0.5) is 0 Å². The molecule has 0 saturated carbocycles. The van der Waals surface area contributed by atoms with Crippen molar-refractivity contribution in [3.05, 3.63) is 60.2 Å². The lowest BCUT2D eigenvalue weighted by atomic mass is 10.2. The number of carbonyl (C=O) groups is 1. The van der Waals surface area contributed by atoms with Gasteiger partial charge in [0.15, 0.2) is 0 Å². The molecule has 1 aromatic heterocycles. The molecule has 0 aliphatic rings. The van der Waals surface area contributed by atoms with Crippen molar-refractivity contribution in [2.45, 2.75) is 11.8 Å². The number of aromatic nitrogens is 2. The number of hydrogen-bond donors (Lipinski definition) is 0. The van der Waals surface area contributed by atoms with Crippen molar-refractivity contribution < 1.29 is 13.9 Å². The van der Waals surface area contributed by atoms with Gasteiger partial charge in [-0.1, -0.05) is 48.2 Å². The maximum absolute atomic E-state index is 12.4. The first-order chi connectivity index (χ1) is 12.7. The highest BCUT2D eigenvalue weighted by molar-refractivity contribution is 7.99. The lowest BCUT2D eigenvalue weighted by Gasteiger charge is -2.18. The first kappa shape index (κ1) is 18.0. The van der Waals surface area contributed by atoms with Crippen LogP contribution in [0, 0.1) is 0 Å². The summed E-state index contributed by atoms with van der Waals surface area (Å²) >= 11 is 1.23. The van der Waals surface area contributed by atoms with Gasteiger partial charge < -0.3 is 14.1 Å². The third-order valence-electron chi connectivity index (χ3n) is 3.77.